The lowest BCUT2D eigenvalue weighted by atomic mass is 10.1. The number of carbonyl (C=O) groups excluding carboxylic acids is 1. The summed E-state index contributed by atoms with van der Waals surface area (Å²) in [5.41, 5.74) is 0.791. The van der Waals surface area contributed by atoms with Gasteiger partial charge in [-0.1, -0.05) is 5.16 Å². The summed E-state index contributed by atoms with van der Waals surface area (Å²) < 4.78 is 47.0. The molecule has 10 heteroatoms. The van der Waals surface area contributed by atoms with Crippen LogP contribution in [0.25, 0.3) is 0 Å². The fourth-order valence-electron chi connectivity index (χ4n) is 2.80. The van der Waals surface area contributed by atoms with E-state index in [0.29, 0.717) is 36.8 Å². The number of alkyl halides is 3. The second-order valence-electron chi connectivity index (χ2n) is 6.38. The molecule has 3 rings (SSSR count). The molecule has 2 aromatic rings. The van der Waals surface area contributed by atoms with Gasteiger partial charge < -0.3 is 19.5 Å². The molecule has 3 heterocycles. The minimum absolute atomic E-state index is 0.0266. The van der Waals surface area contributed by atoms with E-state index in [1.54, 1.807) is 17.0 Å². The van der Waals surface area contributed by atoms with Crippen molar-refractivity contribution in [3.8, 4) is 5.88 Å². The summed E-state index contributed by atoms with van der Waals surface area (Å²) in [7, 11) is 0. The maximum atomic E-state index is 12.3. The number of amides is 1. The highest BCUT2D eigenvalue weighted by molar-refractivity contribution is 6.03. The monoisotopic (exact) mass is 384 g/mol. The molecule has 7 nitrogen and oxygen atoms in total. The fraction of sp³-hybridized carbons (Fsp3) is 0.471. The largest absolute Gasteiger partial charge is 0.477 e. The minimum atomic E-state index is -4.12. The first-order valence-corrected chi connectivity index (χ1v) is 8.48. The highest BCUT2D eigenvalue weighted by Crippen LogP contribution is 2.23. The molecule has 0 saturated carbocycles. The Labute approximate surface area is 153 Å². The Morgan fingerprint density at radius 1 is 1.37 bits per heavy atom. The number of hydrogen-bond donors (Lipinski definition) is 1. The van der Waals surface area contributed by atoms with Crippen molar-refractivity contribution in [1.29, 1.82) is 0 Å². The molecule has 1 atom stereocenters. The molecule has 1 saturated heterocycles. The average Bonchev–Trinajstić information content (AvgIpc) is 3.31. The van der Waals surface area contributed by atoms with E-state index < -0.39 is 12.6 Å². The number of anilines is 1. The lowest BCUT2D eigenvalue weighted by Crippen LogP contribution is -2.27. The van der Waals surface area contributed by atoms with Crippen LogP contribution in [0.3, 0.4) is 0 Å². The van der Waals surface area contributed by atoms with Crippen LogP contribution < -0.4 is 10.1 Å². The van der Waals surface area contributed by atoms with Crippen molar-refractivity contribution < 1.29 is 27.2 Å². The third-order valence-electron chi connectivity index (χ3n) is 4.24. The summed E-state index contributed by atoms with van der Waals surface area (Å²) in [6.07, 6.45) is -0.108. The smallest absolute Gasteiger partial charge is 0.390 e. The maximum Gasteiger partial charge on any atom is 0.390 e. The van der Waals surface area contributed by atoms with E-state index in [-0.39, 0.29) is 18.4 Å². The van der Waals surface area contributed by atoms with Crippen LogP contribution in [0.4, 0.5) is 18.9 Å². The first kappa shape index (κ1) is 19.2. The van der Waals surface area contributed by atoms with E-state index in [1.807, 2.05) is 0 Å². The Balaban J connectivity index is 1.41. The quantitative estimate of drug-likeness (QED) is 0.791. The third-order valence-corrected chi connectivity index (χ3v) is 4.24. The number of pyridine rings is 1. The van der Waals surface area contributed by atoms with E-state index in [1.165, 1.54) is 18.7 Å². The van der Waals surface area contributed by atoms with Gasteiger partial charge in [-0.15, -0.1) is 0 Å². The van der Waals surface area contributed by atoms with Gasteiger partial charge in [0, 0.05) is 25.1 Å². The van der Waals surface area contributed by atoms with Crippen LogP contribution in [0, 0.1) is 5.92 Å². The van der Waals surface area contributed by atoms with Gasteiger partial charge in [-0.25, -0.2) is 4.98 Å². The molecule has 0 aromatic carbocycles. The maximum absolute atomic E-state index is 12.3. The first-order chi connectivity index (χ1) is 12.9. The highest BCUT2D eigenvalue weighted by Gasteiger charge is 2.30. The van der Waals surface area contributed by atoms with Crippen LogP contribution in [0.2, 0.25) is 0 Å². The summed E-state index contributed by atoms with van der Waals surface area (Å²) in [5, 5.41) is 6.10. The van der Waals surface area contributed by atoms with Gasteiger partial charge in [0.2, 0.25) is 5.88 Å². The van der Waals surface area contributed by atoms with Crippen molar-refractivity contribution >= 4 is 11.6 Å². The minimum Gasteiger partial charge on any atom is -0.477 e. The number of halogens is 3. The van der Waals surface area contributed by atoms with Gasteiger partial charge in [-0.2, -0.15) is 13.2 Å². The van der Waals surface area contributed by atoms with Gasteiger partial charge in [0.25, 0.3) is 5.91 Å². The number of rotatable bonds is 7. The van der Waals surface area contributed by atoms with Crippen molar-refractivity contribution in [1.82, 2.24) is 15.0 Å². The Morgan fingerprint density at radius 3 is 2.89 bits per heavy atom. The van der Waals surface area contributed by atoms with E-state index >= 15 is 0 Å². The Hall–Kier alpha value is -2.62. The topological polar surface area (TPSA) is 80.5 Å². The number of aromatic nitrogens is 2. The molecule has 0 radical (unpaired) electrons. The van der Waals surface area contributed by atoms with Crippen molar-refractivity contribution in [2.75, 3.05) is 31.6 Å². The molecule has 1 aliphatic heterocycles. The standard InChI is InChI=1S/C17H19F3N4O3/c18-17(19,20)4-6-24-5-3-12(9-24)10-26-15-2-1-14(8-21-15)23-16(25)13-7-22-27-11-13/h1-2,7-8,11-12H,3-6,9-10H2,(H,23,25)/t12-/m0/s1. The molecule has 1 aliphatic rings. The van der Waals surface area contributed by atoms with Crippen LogP contribution in [0.1, 0.15) is 23.2 Å². The molecule has 1 amide bonds. The number of hydrogen-bond acceptors (Lipinski definition) is 6. The zero-order valence-corrected chi connectivity index (χ0v) is 14.4. The fourth-order valence-corrected chi connectivity index (χ4v) is 2.80. The van der Waals surface area contributed by atoms with Gasteiger partial charge in [-0.3, -0.25) is 4.79 Å². The van der Waals surface area contributed by atoms with Gasteiger partial charge in [-0.05, 0) is 19.0 Å². The Bertz CT molecular complexity index is 735. The SMILES string of the molecule is O=C(Nc1ccc(OC[C@H]2CCN(CCC(F)(F)F)C2)nc1)c1cnoc1. The number of nitrogens with zero attached hydrogens (tertiary/aromatic N) is 3. The molecule has 0 aliphatic carbocycles. The molecule has 27 heavy (non-hydrogen) atoms. The molecular formula is C17H19F3N4O3. The van der Waals surface area contributed by atoms with Crippen LogP contribution in [0.15, 0.2) is 35.3 Å². The lowest BCUT2D eigenvalue weighted by molar-refractivity contribution is -0.137. The summed E-state index contributed by atoms with van der Waals surface area (Å²) in [6.45, 7) is 1.65. The zero-order valence-electron chi connectivity index (χ0n) is 14.4. The normalized spacial score (nSPS) is 17.8. The molecule has 0 spiro atoms. The summed E-state index contributed by atoms with van der Waals surface area (Å²) >= 11 is 0. The van der Waals surface area contributed by atoms with Gasteiger partial charge in [0.1, 0.15) is 6.26 Å². The van der Waals surface area contributed by atoms with Crippen molar-refractivity contribution in [3.05, 3.63) is 36.4 Å². The zero-order chi connectivity index (χ0) is 19.3. The molecular weight excluding hydrogens is 365 g/mol. The van der Waals surface area contributed by atoms with Crippen LogP contribution in [0.5, 0.6) is 5.88 Å². The molecule has 2 aromatic heterocycles. The van der Waals surface area contributed by atoms with Crippen LogP contribution in [-0.2, 0) is 0 Å². The van der Waals surface area contributed by atoms with E-state index in [0.717, 1.165) is 6.42 Å². The predicted molar refractivity (Wildman–Crippen MR) is 89.4 cm³/mol. The number of carbonyl (C=O) groups is 1. The van der Waals surface area contributed by atoms with E-state index in [4.69, 9.17) is 4.74 Å². The Morgan fingerprint density at radius 2 is 2.22 bits per heavy atom. The lowest BCUT2D eigenvalue weighted by Gasteiger charge is -2.17. The number of nitrogens with one attached hydrogen (secondary N) is 1. The second kappa shape index (κ2) is 8.38. The van der Waals surface area contributed by atoms with Crippen LogP contribution >= 0.6 is 0 Å². The molecule has 1 fully saturated rings. The average molecular weight is 384 g/mol. The Kier molecular flexibility index (Phi) is 5.94. The third kappa shape index (κ3) is 5.95. The van der Waals surface area contributed by atoms with Gasteiger partial charge in [0.05, 0.1) is 36.7 Å². The molecule has 146 valence electrons. The van der Waals surface area contributed by atoms with Crippen LogP contribution in [-0.4, -0.2) is 53.4 Å². The van der Waals surface area contributed by atoms with Gasteiger partial charge in [0.15, 0.2) is 0 Å². The molecule has 1 N–H and O–H groups in total. The van der Waals surface area contributed by atoms with Crippen molar-refractivity contribution in [2.45, 2.75) is 19.0 Å². The summed E-state index contributed by atoms with van der Waals surface area (Å²) in [6, 6.07) is 3.28. The van der Waals surface area contributed by atoms with E-state index in [9.17, 15) is 18.0 Å². The summed E-state index contributed by atoms with van der Waals surface area (Å²) in [5.74, 6) is 0.205. The molecule has 0 bridgehead atoms. The summed E-state index contributed by atoms with van der Waals surface area (Å²) in [4.78, 5) is 17.8. The second-order valence-corrected chi connectivity index (χ2v) is 6.38. The number of likely N-dealkylation sites (tertiary alicyclic amines) is 1. The molecule has 0 unspecified atom stereocenters. The number of ether oxygens (including phenoxy) is 1. The highest BCUT2D eigenvalue weighted by atomic mass is 19.4. The van der Waals surface area contributed by atoms with E-state index in [2.05, 4.69) is 20.0 Å². The van der Waals surface area contributed by atoms with Gasteiger partial charge >= 0.3 is 6.18 Å². The van der Waals surface area contributed by atoms with Crippen molar-refractivity contribution in [3.63, 3.8) is 0 Å². The van der Waals surface area contributed by atoms with Crippen molar-refractivity contribution in [2.24, 2.45) is 5.92 Å². The predicted octanol–water partition coefficient (Wildman–Crippen LogP) is 2.98. The first-order valence-electron chi connectivity index (χ1n) is 8.48.